The zero-order valence-electron chi connectivity index (χ0n) is 11.1. The minimum absolute atomic E-state index is 0.0530. The highest BCUT2D eigenvalue weighted by molar-refractivity contribution is 6.28. The smallest absolute Gasteiger partial charge is 0.322 e. The van der Waals surface area contributed by atoms with E-state index in [0.29, 0.717) is 12.6 Å². The van der Waals surface area contributed by atoms with Gasteiger partial charge in [-0.1, -0.05) is 12.1 Å². The summed E-state index contributed by atoms with van der Waals surface area (Å²) in [6.07, 6.45) is 0. The summed E-state index contributed by atoms with van der Waals surface area (Å²) in [5, 5.41) is 3.12. The van der Waals surface area contributed by atoms with Crippen molar-refractivity contribution in [3.05, 3.63) is 40.9 Å². The Balaban J connectivity index is 2.14. The van der Waals surface area contributed by atoms with Crippen molar-refractivity contribution >= 4 is 17.5 Å². The molecule has 1 aromatic heterocycles. The van der Waals surface area contributed by atoms with Crippen LogP contribution in [0.4, 0.5) is 10.3 Å². The van der Waals surface area contributed by atoms with Crippen molar-refractivity contribution in [3.8, 4) is 6.01 Å². The molecule has 1 N–H and O–H groups in total. The van der Waals surface area contributed by atoms with Crippen LogP contribution in [0.15, 0.2) is 24.3 Å². The molecule has 0 aliphatic rings. The van der Waals surface area contributed by atoms with E-state index in [2.05, 4.69) is 20.3 Å². The SMILES string of the molecule is CCOc1nc(Cl)nc(NC(C)c2ccc(F)cc2)n1. The van der Waals surface area contributed by atoms with Crippen molar-refractivity contribution in [2.75, 3.05) is 11.9 Å². The van der Waals surface area contributed by atoms with Crippen LogP contribution in [-0.4, -0.2) is 21.6 Å². The van der Waals surface area contributed by atoms with E-state index in [1.165, 1.54) is 12.1 Å². The maximum absolute atomic E-state index is 12.9. The molecule has 2 aromatic rings. The summed E-state index contributed by atoms with van der Waals surface area (Å²) in [5.74, 6) is 0.0352. The molecule has 0 aliphatic heterocycles. The zero-order chi connectivity index (χ0) is 14.5. The molecule has 0 radical (unpaired) electrons. The summed E-state index contributed by atoms with van der Waals surface area (Å²) in [6.45, 7) is 4.17. The summed E-state index contributed by atoms with van der Waals surface area (Å²) >= 11 is 5.80. The first-order valence-corrected chi connectivity index (χ1v) is 6.52. The predicted octanol–water partition coefficient (Wildman–Crippen LogP) is 3.24. The number of hydrogen-bond acceptors (Lipinski definition) is 5. The number of halogens is 2. The Bertz CT molecular complexity index is 579. The number of aromatic nitrogens is 3. The Morgan fingerprint density at radius 2 is 1.95 bits per heavy atom. The minimum Gasteiger partial charge on any atom is -0.464 e. The second kappa shape index (κ2) is 6.47. The number of nitrogens with zero attached hydrogens (tertiary/aromatic N) is 3. The number of benzene rings is 1. The molecule has 0 bridgehead atoms. The first kappa shape index (κ1) is 14.5. The molecule has 0 saturated carbocycles. The summed E-state index contributed by atoms with van der Waals surface area (Å²) in [6, 6.07) is 6.25. The topological polar surface area (TPSA) is 59.9 Å². The van der Waals surface area contributed by atoms with Crippen LogP contribution >= 0.6 is 11.6 Å². The highest BCUT2D eigenvalue weighted by Gasteiger charge is 2.10. The molecular weight excluding hydrogens is 283 g/mol. The van der Waals surface area contributed by atoms with Gasteiger partial charge in [-0.05, 0) is 43.1 Å². The molecule has 1 aromatic carbocycles. The second-order valence-corrected chi connectivity index (χ2v) is 4.40. The number of rotatable bonds is 5. The highest BCUT2D eigenvalue weighted by atomic mass is 35.5. The maximum atomic E-state index is 12.9. The number of nitrogens with one attached hydrogen (secondary N) is 1. The molecule has 0 amide bonds. The predicted molar refractivity (Wildman–Crippen MR) is 74.4 cm³/mol. The van der Waals surface area contributed by atoms with Crippen LogP contribution in [-0.2, 0) is 0 Å². The Kier molecular flexibility index (Phi) is 4.68. The van der Waals surface area contributed by atoms with Gasteiger partial charge in [-0.15, -0.1) is 0 Å². The molecule has 0 fully saturated rings. The van der Waals surface area contributed by atoms with Gasteiger partial charge < -0.3 is 10.1 Å². The summed E-state index contributed by atoms with van der Waals surface area (Å²) < 4.78 is 18.1. The van der Waals surface area contributed by atoms with E-state index in [9.17, 15) is 4.39 Å². The van der Waals surface area contributed by atoms with Gasteiger partial charge >= 0.3 is 6.01 Å². The quantitative estimate of drug-likeness (QED) is 0.918. The third kappa shape index (κ3) is 3.77. The lowest BCUT2D eigenvalue weighted by atomic mass is 10.1. The lowest BCUT2D eigenvalue weighted by molar-refractivity contribution is 0.312. The van der Waals surface area contributed by atoms with Crippen LogP contribution in [0.5, 0.6) is 6.01 Å². The van der Waals surface area contributed by atoms with E-state index < -0.39 is 0 Å². The first-order chi connectivity index (χ1) is 9.58. The summed E-state index contributed by atoms with van der Waals surface area (Å²) in [5.41, 5.74) is 0.904. The van der Waals surface area contributed by atoms with Gasteiger partial charge in [0, 0.05) is 0 Å². The molecule has 2 rings (SSSR count). The van der Waals surface area contributed by atoms with Gasteiger partial charge in [0.2, 0.25) is 11.2 Å². The number of anilines is 1. The van der Waals surface area contributed by atoms with E-state index in [1.807, 2.05) is 13.8 Å². The first-order valence-electron chi connectivity index (χ1n) is 6.15. The van der Waals surface area contributed by atoms with E-state index in [0.717, 1.165) is 5.56 Å². The summed E-state index contributed by atoms with van der Waals surface area (Å²) in [4.78, 5) is 11.9. The Labute approximate surface area is 121 Å². The van der Waals surface area contributed by atoms with Gasteiger partial charge in [0.15, 0.2) is 0 Å². The third-order valence-corrected chi connectivity index (χ3v) is 2.75. The number of hydrogen-bond donors (Lipinski definition) is 1. The van der Waals surface area contributed by atoms with E-state index in [-0.39, 0.29) is 23.2 Å². The van der Waals surface area contributed by atoms with Gasteiger partial charge in [-0.3, -0.25) is 0 Å². The molecule has 1 atom stereocenters. The standard InChI is InChI=1S/C13H14ClFN4O/c1-3-20-13-18-11(14)17-12(19-13)16-8(2)9-4-6-10(15)7-5-9/h4-8H,3H2,1-2H3,(H,16,17,18,19). The molecule has 1 unspecified atom stereocenters. The molecule has 106 valence electrons. The fourth-order valence-corrected chi connectivity index (χ4v) is 1.77. The van der Waals surface area contributed by atoms with Crippen molar-refractivity contribution in [1.82, 2.24) is 15.0 Å². The monoisotopic (exact) mass is 296 g/mol. The van der Waals surface area contributed by atoms with Crippen LogP contribution in [0.2, 0.25) is 5.28 Å². The lowest BCUT2D eigenvalue weighted by Gasteiger charge is -2.14. The summed E-state index contributed by atoms with van der Waals surface area (Å²) in [7, 11) is 0. The van der Waals surface area contributed by atoms with Crippen LogP contribution in [0.1, 0.15) is 25.5 Å². The Morgan fingerprint density at radius 3 is 2.60 bits per heavy atom. The van der Waals surface area contributed by atoms with E-state index in [1.54, 1.807) is 12.1 Å². The molecule has 0 saturated heterocycles. The molecule has 5 nitrogen and oxygen atoms in total. The average molecular weight is 297 g/mol. The Morgan fingerprint density at radius 1 is 1.25 bits per heavy atom. The minimum atomic E-state index is -0.275. The molecule has 7 heteroatoms. The van der Waals surface area contributed by atoms with Crippen molar-refractivity contribution < 1.29 is 9.13 Å². The average Bonchev–Trinajstić information content (AvgIpc) is 2.39. The lowest BCUT2D eigenvalue weighted by Crippen LogP contribution is -2.11. The van der Waals surface area contributed by atoms with Gasteiger partial charge in [0.25, 0.3) is 0 Å². The molecule has 1 heterocycles. The van der Waals surface area contributed by atoms with Gasteiger partial charge in [-0.25, -0.2) is 4.39 Å². The van der Waals surface area contributed by atoms with Crippen molar-refractivity contribution in [2.24, 2.45) is 0 Å². The fraction of sp³-hybridized carbons (Fsp3) is 0.308. The molecular formula is C13H14ClFN4O. The van der Waals surface area contributed by atoms with Crippen LogP contribution < -0.4 is 10.1 Å². The van der Waals surface area contributed by atoms with Crippen molar-refractivity contribution in [2.45, 2.75) is 19.9 Å². The van der Waals surface area contributed by atoms with Crippen LogP contribution in [0, 0.1) is 5.82 Å². The van der Waals surface area contributed by atoms with Crippen molar-refractivity contribution in [3.63, 3.8) is 0 Å². The molecule has 0 aliphatic carbocycles. The molecule has 20 heavy (non-hydrogen) atoms. The zero-order valence-corrected chi connectivity index (χ0v) is 11.9. The highest BCUT2D eigenvalue weighted by Crippen LogP contribution is 2.19. The van der Waals surface area contributed by atoms with Crippen molar-refractivity contribution in [1.29, 1.82) is 0 Å². The van der Waals surface area contributed by atoms with Crippen LogP contribution in [0.25, 0.3) is 0 Å². The van der Waals surface area contributed by atoms with E-state index in [4.69, 9.17) is 16.3 Å². The van der Waals surface area contributed by atoms with Gasteiger partial charge in [-0.2, -0.15) is 15.0 Å². The normalized spacial score (nSPS) is 12.0. The second-order valence-electron chi connectivity index (χ2n) is 4.06. The molecule has 0 spiro atoms. The number of ether oxygens (including phenoxy) is 1. The maximum Gasteiger partial charge on any atom is 0.322 e. The van der Waals surface area contributed by atoms with Gasteiger partial charge in [0.05, 0.1) is 12.6 Å². The van der Waals surface area contributed by atoms with Gasteiger partial charge in [0.1, 0.15) is 5.82 Å². The Hall–Kier alpha value is -1.95. The largest absolute Gasteiger partial charge is 0.464 e. The fourth-order valence-electron chi connectivity index (χ4n) is 1.62. The third-order valence-electron chi connectivity index (χ3n) is 2.58. The van der Waals surface area contributed by atoms with E-state index >= 15 is 0 Å². The van der Waals surface area contributed by atoms with Crippen LogP contribution in [0.3, 0.4) is 0 Å².